The number of carbonyl (C=O) groups excluding carboxylic acids is 1. The molecule has 0 atom stereocenters. The number of nitrogens with zero attached hydrogens (tertiary/aromatic N) is 3. The molecule has 0 aliphatic carbocycles. The molecule has 0 aliphatic rings. The summed E-state index contributed by atoms with van der Waals surface area (Å²) in [6, 6.07) is 0. The van der Waals surface area contributed by atoms with Gasteiger partial charge >= 0.3 is 0 Å². The van der Waals surface area contributed by atoms with Crippen LogP contribution in [0.15, 0.2) is 6.33 Å². The van der Waals surface area contributed by atoms with Crippen molar-refractivity contribution < 1.29 is 9.90 Å². The monoisotopic (exact) mass is 243 g/mol. The van der Waals surface area contributed by atoms with E-state index in [9.17, 15) is 4.79 Å². The average molecular weight is 244 g/mol. The molecule has 0 unspecified atom stereocenters. The van der Waals surface area contributed by atoms with Gasteiger partial charge in [0, 0.05) is 19.7 Å². The van der Waals surface area contributed by atoms with Crippen LogP contribution in [0.2, 0.25) is 5.15 Å². The SMILES string of the molecule is CCN(CCCO)c1ncnc(Cl)c1C=O. The molecule has 0 saturated carbocycles. The average Bonchev–Trinajstić information content (AvgIpc) is 2.30. The van der Waals surface area contributed by atoms with Gasteiger partial charge in [0.05, 0.1) is 5.56 Å². The Bertz CT molecular complexity index is 360. The minimum absolute atomic E-state index is 0.103. The molecule has 1 rings (SSSR count). The van der Waals surface area contributed by atoms with Gasteiger partial charge in [0.25, 0.3) is 0 Å². The Balaban J connectivity index is 2.99. The smallest absolute Gasteiger partial charge is 0.156 e. The van der Waals surface area contributed by atoms with Crippen LogP contribution < -0.4 is 4.90 Å². The van der Waals surface area contributed by atoms with Gasteiger partial charge in [-0.1, -0.05) is 11.6 Å². The van der Waals surface area contributed by atoms with Gasteiger partial charge in [-0.05, 0) is 13.3 Å². The molecular weight excluding hydrogens is 230 g/mol. The van der Waals surface area contributed by atoms with Gasteiger partial charge in [-0.2, -0.15) is 0 Å². The fraction of sp³-hybridized carbons (Fsp3) is 0.500. The molecule has 0 aromatic carbocycles. The first-order valence-electron chi connectivity index (χ1n) is 5.06. The molecule has 1 aromatic heterocycles. The lowest BCUT2D eigenvalue weighted by molar-refractivity contribution is 0.112. The molecule has 6 heteroatoms. The summed E-state index contributed by atoms with van der Waals surface area (Å²) >= 11 is 5.81. The van der Waals surface area contributed by atoms with Crippen LogP contribution in [0.25, 0.3) is 0 Å². The zero-order chi connectivity index (χ0) is 12.0. The molecule has 88 valence electrons. The summed E-state index contributed by atoms with van der Waals surface area (Å²) in [4.78, 5) is 20.6. The molecule has 1 N–H and O–H groups in total. The summed E-state index contributed by atoms with van der Waals surface area (Å²) in [5.74, 6) is 0.519. The number of anilines is 1. The molecule has 0 spiro atoms. The van der Waals surface area contributed by atoms with Crippen molar-refractivity contribution in [1.29, 1.82) is 0 Å². The van der Waals surface area contributed by atoms with E-state index in [1.165, 1.54) is 6.33 Å². The molecule has 0 fully saturated rings. The van der Waals surface area contributed by atoms with Crippen LogP contribution in [0.1, 0.15) is 23.7 Å². The number of aldehydes is 1. The second-order valence-corrected chi connectivity index (χ2v) is 3.53. The first kappa shape index (κ1) is 12.9. The second-order valence-electron chi connectivity index (χ2n) is 3.18. The van der Waals surface area contributed by atoms with Crippen molar-refractivity contribution in [2.75, 3.05) is 24.6 Å². The number of aromatic nitrogens is 2. The van der Waals surface area contributed by atoms with Crippen molar-refractivity contribution in [2.45, 2.75) is 13.3 Å². The lowest BCUT2D eigenvalue weighted by Gasteiger charge is -2.22. The fourth-order valence-corrected chi connectivity index (χ4v) is 1.57. The van der Waals surface area contributed by atoms with Crippen LogP contribution in [-0.4, -0.2) is 41.1 Å². The maximum atomic E-state index is 10.9. The number of halogens is 1. The van der Waals surface area contributed by atoms with Gasteiger partial charge in [-0.15, -0.1) is 0 Å². The predicted octanol–water partition coefficient (Wildman–Crippen LogP) is 1.15. The topological polar surface area (TPSA) is 66.3 Å². The third-order valence-electron chi connectivity index (χ3n) is 2.20. The van der Waals surface area contributed by atoms with Crippen LogP contribution in [0.3, 0.4) is 0 Å². The first-order chi connectivity index (χ1) is 7.74. The zero-order valence-electron chi connectivity index (χ0n) is 9.06. The van der Waals surface area contributed by atoms with Gasteiger partial charge in [-0.25, -0.2) is 9.97 Å². The van der Waals surface area contributed by atoms with Gasteiger partial charge in [-0.3, -0.25) is 4.79 Å². The third-order valence-corrected chi connectivity index (χ3v) is 2.50. The standard InChI is InChI=1S/C10H14ClN3O2/c1-2-14(4-3-5-15)10-8(6-16)9(11)12-7-13-10/h6-7,15H,2-5H2,1H3. The highest BCUT2D eigenvalue weighted by atomic mass is 35.5. The van der Waals surface area contributed by atoms with E-state index in [1.54, 1.807) is 0 Å². The van der Waals surface area contributed by atoms with Crippen LogP contribution in [-0.2, 0) is 0 Å². The van der Waals surface area contributed by atoms with Gasteiger partial charge in [0.15, 0.2) is 6.29 Å². The predicted molar refractivity (Wildman–Crippen MR) is 62.0 cm³/mol. The van der Waals surface area contributed by atoms with E-state index in [1.807, 2.05) is 11.8 Å². The van der Waals surface area contributed by atoms with E-state index < -0.39 is 0 Å². The Kier molecular flexibility index (Phi) is 5.14. The van der Waals surface area contributed by atoms with Gasteiger partial charge in [0.2, 0.25) is 0 Å². The Hall–Kier alpha value is -1.20. The highest BCUT2D eigenvalue weighted by Crippen LogP contribution is 2.21. The Labute approximate surface area is 99.1 Å². The number of carbonyl (C=O) groups is 1. The Morgan fingerprint density at radius 2 is 2.31 bits per heavy atom. The first-order valence-corrected chi connectivity index (χ1v) is 5.43. The normalized spacial score (nSPS) is 10.2. The van der Waals surface area contributed by atoms with Crippen molar-refractivity contribution in [2.24, 2.45) is 0 Å². The minimum atomic E-state index is 0.103. The van der Waals surface area contributed by atoms with Crippen LogP contribution >= 0.6 is 11.6 Å². The number of hydrogen-bond acceptors (Lipinski definition) is 5. The van der Waals surface area contributed by atoms with E-state index in [0.29, 0.717) is 37.2 Å². The molecule has 0 radical (unpaired) electrons. The summed E-state index contributed by atoms with van der Waals surface area (Å²) in [5.41, 5.74) is 0.295. The zero-order valence-corrected chi connectivity index (χ0v) is 9.81. The largest absolute Gasteiger partial charge is 0.396 e. The van der Waals surface area contributed by atoms with Crippen molar-refractivity contribution in [1.82, 2.24) is 9.97 Å². The van der Waals surface area contributed by atoms with Gasteiger partial charge in [0.1, 0.15) is 17.3 Å². The Morgan fingerprint density at radius 3 is 2.88 bits per heavy atom. The summed E-state index contributed by atoms with van der Waals surface area (Å²) in [7, 11) is 0. The number of rotatable bonds is 6. The van der Waals surface area contributed by atoms with Crippen molar-refractivity contribution in [3.63, 3.8) is 0 Å². The number of aliphatic hydroxyl groups is 1. The molecule has 5 nitrogen and oxygen atoms in total. The minimum Gasteiger partial charge on any atom is -0.396 e. The summed E-state index contributed by atoms with van der Waals surface area (Å²) < 4.78 is 0. The molecular formula is C10H14ClN3O2. The molecule has 0 saturated heterocycles. The van der Waals surface area contributed by atoms with Crippen LogP contribution in [0.4, 0.5) is 5.82 Å². The number of hydrogen-bond donors (Lipinski definition) is 1. The molecule has 0 amide bonds. The van der Waals surface area contributed by atoms with Crippen molar-refractivity contribution in [3.05, 3.63) is 17.0 Å². The van der Waals surface area contributed by atoms with Crippen molar-refractivity contribution >= 4 is 23.7 Å². The fourth-order valence-electron chi connectivity index (χ4n) is 1.39. The molecule has 1 heterocycles. The number of aliphatic hydroxyl groups excluding tert-OH is 1. The quantitative estimate of drug-likeness (QED) is 0.600. The van der Waals surface area contributed by atoms with E-state index in [4.69, 9.17) is 16.7 Å². The maximum Gasteiger partial charge on any atom is 0.156 e. The van der Waals surface area contributed by atoms with E-state index >= 15 is 0 Å². The lowest BCUT2D eigenvalue weighted by Crippen LogP contribution is -2.27. The molecule has 0 bridgehead atoms. The van der Waals surface area contributed by atoms with Gasteiger partial charge < -0.3 is 10.0 Å². The summed E-state index contributed by atoms with van der Waals surface area (Å²) in [5, 5.41) is 8.94. The molecule has 1 aromatic rings. The van der Waals surface area contributed by atoms with E-state index in [0.717, 1.165) is 0 Å². The van der Waals surface area contributed by atoms with Crippen molar-refractivity contribution in [3.8, 4) is 0 Å². The third kappa shape index (κ3) is 2.90. The Morgan fingerprint density at radius 1 is 1.56 bits per heavy atom. The second kappa shape index (κ2) is 6.40. The highest BCUT2D eigenvalue weighted by molar-refractivity contribution is 6.32. The molecule has 16 heavy (non-hydrogen) atoms. The summed E-state index contributed by atoms with van der Waals surface area (Å²) in [6.07, 6.45) is 2.60. The van der Waals surface area contributed by atoms with Crippen LogP contribution in [0.5, 0.6) is 0 Å². The summed E-state index contributed by atoms with van der Waals surface area (Å²) in [6.45, 7) is 3.36. The lowest BCUT2D eigenvalue weighted by atomic mass is 10.3. The highest BCUT2D eigenvalue weighted by Gasteiger charge is 2.14. The van der Waals surface area contributed by atoms with Crippen LogP contribution in [0, 0.1) is 0 Å². The van der Waals surface area contributed by atoms with E-state index in [-0.39, 0.29) is 11.8 Å². The maximum absolute atomic E-state index is 10.9. The molecule has 0 aliphatic heterocycles. The van der Waals surface area contributed by atoms with E-state index in [2.05, 4.69) is 9.97 Å².